The van der Waals surface area contributed by atoms with Crippen LogP contribution in [0.2, 0.25) is 0 Å². The van der Waals surface area contributed by atoms with Crippen molar-refractivity contribution in [2.24, 2.45) is 58.0 Å². The zero-order chi connectivity index (χ0) is 86.6. The Morgan fingerprint density at radius 2 is 0.966 bits per heavy atom. The minimum atomic E-state index is -4.61. The van der Waals surface area contributed by atoms with E-state index in [1.54, 1.807) is 0 Å². The lowest BCUT2D eigenvalue weighted by Crippen LogP contribution is -2.64. The number of aliphatic hydroxyl groups is 6. The summed E-state index contributed by atoms with van der Waals surface area (Å²) in [6.07, 6.45) is 55.6. The second-order valence-corrected chi connectivity index (χ2v) is 41.1. The predicted octanol–water partition coefficient (Wildman–Crippen LogP) is 21.0. The van der Waals surface area contributed by atoms with Crippen LogP contribution in [0, 0.1) is 52.3 Å². The first-order valence-corrected chi connectivity index (χ1v) is 51.1. The molecule has 4 saturated carbocycles. The molecule has 21 heteroatoms. The first-order chi connectivity index (χ1) is 56.6. The standard InChI is InChI=1S/C40H80NO8P.C39H68O10.C18H39N/c1-6-8-10-12-14-16-18-20-22-24-26-28-30-32-39(42)46-36-38(37-48-50(44,45)47-35-34-41(3,4)5)49-40(43)33-31-29-27-25-23-21-19-17-15-13-11-9-7-2;1-20(2)8-7-9-21(3)26-12-13-27-25-11-10-23-18-24(14-16-38(23,5)28(25)15-17-39(26,27)6)47-37-34(45)35(31(42)29(19-40)48-37)49-36-33(44)32(43)30(41)22(4)46-36;1-2-3-4-5-6-7-8-9-10-11-12-13-14-15-16-17-18-19/h38H,6-37H2,1-5H3;20-37,40-45H,7-19H2,1-6H3;2-19H2,1H3/t;21-,22+,23+,24+,25+,26-,27+,28+,29-,30-,31+,32-,33+,34-,35+,36-,37-,38+,39-;/m.1./s1. The zero-order valence-corrected chi connectivity index (χ0v) is 78.8. The van der Waals surface area contributed by atoms with E-state index in [0.717, 1.165) is 93.4 Å². The Hall–Kier alpha value is -1.43. The van der Waals surface area contributed by atoms with Crippen LogP contribution in [-0.2, 0) is 51.6 Å². The van der Waals surface area contributed by atoms with Crippen LogP contribution in [0.3, 0.4) is 0 Å². The number of quaternary nitrogens is 1. The van der Waals surface area contributed by atoms with Gasteiger partial charge in [-0.1, -0.05) is 325 Å². The van der Waals surface area contributed by atoms with Crippen molar-refractivity contribution in [3.63, 3.8) is 0 Å². The third kappa shape index (κ3) is 42.9. The lowest BCUT2D eigenvalue weighted by Gasteiger charge is -2.61. The van der Waals surface area contributed by atoms with E-state index in [9.17, 15) is 49.7 Å². The summed E-state index contributed by atoms with van der Waals surface area (Å²) < 4.78 is 57.6. The predicted molar refractivity (Wildman–Crippen MR) is 475 cm³/mol. The van der Waals surface area contributed by atoms with Crippen molar-refractivity contribution in [3.8, 4) is 0 Å². The molecule has 20 nitrogen and oxygen atoms in total. The molecule has 6 aliphatic rings. The van der Waals surface area contributed by atoms with Gasteiger partial charge in [0.25, 0.3) is 7.82 Å². The maximum atomic E-state index is 12.6. The van der Waals surface area contributed by atoms with Gasteiger partial charge in [-0.3, -0.25) is 14.2 Å². The Balaban J connectivity index is 0.000000408. The van der Waals surface area contributed by atoms with Gasteiger partial charge in [0.05, 0.1) is 46.6 Å². The van der Waals surface area contributed by atoms with Gasteiger partial charge in [0.2, 0.25) is 0 Å². The van der Waals surface area contributed by atoms with Crippen LogP contribution in [0.1, 0.15) is 422 Å². The summed E-state index contributed by atoms with van der Waals surface area (Å²) in [7, 11) is 1.18. The normalized spacial score (nSPS) is 29.3. The molecule has 0 aromatic heterocycles. The molecule has 0 aromatic rings. The van der Waals surface area contributed by atoms with Gasteiger partial charge in [-0.15, -0.1) is 0 Å². The summed E-state index contributed by atoms with van der Waals surface area (Å²) in [5.41, 5.74) is 6.22. The number of esters is 2. The zero-order valence-electron chi connectivity index (χ0n) is 77.9. The fraction of sp³-hybridized carbons (Fsp3) is 0.979. The third-order valence-electron chi connectivity index (χ3n) is 28.3. The molecule has 8 N–H and O–H groups in total. The Morgan fingerprint density at radius 3 is 1.44 bits per heavy atom. The number of phosphoric acid groups is 1. The number of carbonyl (C=O) groups is 2. The number of likely N-dealkylation sites (N-methyl/N-ethyl adjacent to an activating group) is 1. The molecule has 21 atom stereocenters. The number of unbranched alkanes of at least 4 members (excludes halogenated alkanes) is 39. The topological polar surface area (TPSA) is 296 Å². The van der Waals surface area contributed by atoms with Crippen molar-refractivity contribution >= 4 is 19.8 Å². The number of aliphatic hydroxyl groups excluding tert-OH is 6. The summed E-state index contributed by atoms with van der Waals surface area (Å²) >= 11 is 0. The summed E-state index contributed by atoms with van der Waals surface area (Å²) in [6.45, 7) is 20.8. The molecule has 6 fully saturated rings. The monoisotopic (exact) mass is 1700 g/mol. The molecule has 0 amide bonds. The SMILES string of the molecule is CC(C)CCC[C@@H](C)[C@H]1CC[C@H]2[C@@H]3CC[C@H]4C[C@@H](O[C@@H]5O[C@H](CO)[C@H](O)[C@H](O[C@H]6O[C@@H](C)[C@@H](O)[C@@H](O)[C@@H]6O)[C@H]5O)CC[C@]4(C)[C@H]3CC[C@]12C.CCCCCCCCCCCCCCCC(=O)OCC(COP(=O)([O-])OCC[N+](C)(C)C)OC(=O)CCCCCCCCCCCCCCC.CCCCCCCCCCCCCCCCCCN. The number of phosphoric ester groups is 1. The van der Waals surface area contributed by atoms with Crippen LogP contribution in [0.4, 0.5) is 0 Å². The summed E-state index contributed by atoms with van der Waals surface area (Å²) in [4.78, 5) is 37.4. The number of fused-ring (bicyclic) bond motifs is 5. The summed E-state index contributed by atoms with van der Waals surface area (Å²) in [6, 6.07) is 0. The van der Waals surface area contributed by atoms with E-state index in [2.05, 4.69) is 55.4 Å². The lowest BCUT2D eigenvalue weighted by molar-refractivity contribution is -0.870. The van der Waals surface area contributed by atoms with Gasteiger partial charge in [0.1, 0.15) is 62.5 Å². The molecular formula is C97H187N2O18P. The van der Waals surface area contributed by atoms with E-state index >= 15 is 0 Å². The Labute approximate surface area is 721 Å². The fourth-order valence-electron chi connectivity index (χ4n) is 20.7. The van der Waals surface area contributed by atoms with Gasteiger partial charge in [-0.2, -0.15) is 0 Å². The van der Waals surface area contributed by atoms with Crippen molar-refractivity contribution in [2.45, 2.75) is 495 Å². The highest BCUT2D eigenvalue weighted by Gasteiger charge is 2.61. The average molecular weight is 1700 g/mol. The van der Waals surface area contributed by atoms with E-state index in [1.165, 1.54) is 296 Å². The quantitative estimate of drug-likeness (QED) is 0.00979. The van der Waals surface area contributed by atoms with Crippen LogP contribution in [-0.4, -0.2) is 181 Å². The molecule has 0 bridgehead atoms. The highest BCUT2D eigenvalue weighted by molar-refractivity contribution is 7.45. The number of hydrogen-bond donors (Lipinski definition) is 7. The van der Waals surface area contributed by atoms with Crippen LogP contribution >= 0.6 is 7.82 Å². The van der Waals surface area contributed by atoms with E-state index < -0.39 is 94.5 Å². The first-order valence-electron chi connectivity index (χ1n) is 49.7. The number of rotatable bonds is 64. The molecule has 2 aliphatic heterocycles. The Bertz CT molecular complexity index is 2520. The number of ether oxygens (including phenoxy) is 6. The molecule has 0 spiro atoms. The maximum absolute atomic E-state index is 12.6. The highest BCUT2D eigenvalue weighted by Crippen LogP contribution is 2.69. The van der Waals surface area contributed by atoms with Crippen molar-refractivity contribution in [1.82, 2.24) is 0 Å². The van der Waals surface area contributed by atoms with Crippen LogP contribution in [0.25, 0.3) is 0 Å². The van der Waals surface area contributed by atoms with E-state index in [4.69, 9.17) is 43.2 Å². The first kappa shape index (κ1) is 109. The molecule has 698 valence electrons. The van der Waals surface area contributed by atoms with Gasteiger partial charge in [0, 0.05) is 12.8 Å². The molecule has 6 rings (SSSR count). The molecule has 118 heavy (non-hydrogen) atoms. The Kier molecular flexibility index (Phi) is 57.8. The van der Waals surface area contributed by atoms with Gasteiger partial charge in [0.15, 0.2) is 18.7 Å². The maximum Gasteiger partial charge on any atom is 0.306 e. The average Bonchev–Trinajstić information content (AvgIpc) is 1.60. The number of carbonyl (C=O) groups excluding carboxylic acids is 2. The van der Waals surface area contributed by atoms with Crippen molar-refractivity contribution in [2.75, 3.05) is 60.7 Å². The van der Waals surface area contributed by atoms with Crippen LogP contribution in [0.15, 0.2) is 0 Å². The molecular weight excluding hydrogens is 1510 g/mol. The second-order valence-electron chi connectivity index (χ2n) is 39.7. The van der Waals surface area contributed by atoms with Gasteiger partial charge in [-0.25, -0.2) is 0 Å². The third-order valence-corrected chi connectivity index (χ3v) is 29.2. The minimum absolute atomic E-state index is 0.0259. The second kappa shape index (κ2) is 62.7. The summed E-state index contributed by atoms with van der Waals surface area (Å²) in [5, 5.41) is 63.2. The van der Waals surface area contributed by atoms with Crippen LogP contribution in [0.5, 0.6) is 0 Å². The molecule has 4 aliphatic carbocycles. The minimum Gasteiger partial charge on any atom is -0.756 e. The van der Waals surface area contributed by atoms with E-state index in [0.29, 0.717) is 28.8 Å². The molecule has 2 saturated heterocycles. The smallest absolute Gasteiger partial charge is 0.306 e. The molecule has 0 radical (unpaired) electrons. The number of nitrogens with two attached hydrogens (primary N) is 1. The van der Waals surface area contributed by atoms with Gasteiger partial charge in [-0.05, 0) is 143 Å². The lowest BCUT2D eigenvalue weighted by atomic mass is 9.44. The number of nitrogens with zero attached hydrogens (tertiary/aromatic N) is 1. The molecule has 2 heterocycles. The largest absolute Gasteiger partial charge is 0.756 e. The van der Waals surface area contributed by atoms with Crippen molar-refractivity contribution in [1.29, 1.82) is 0 Å². The van der Waals surface area contributed by atoms with Crippen molar-refractivity contribution < 1.29 is 91.6 Å². The fourth-order valence-corrected chi connectivity index (χ4v) is 21.4. The van der Waals surface area contributed by atoms with Crippen LogP contribution < -0.4 is 10.6 Å². The summed E-state index contributed by atoms with van der Waals surface area (Å²) in [5.74, 6) is 4.52. The van der Waals surface area contributed by atoms with E-state index in [-0.39, 0.29) is 43.5 Å². The Morgan fingerprint density at radius 1 is 0.508 bits per heavy atom. The number of hydrogen-bond acceptors (Lipinski definition) is 19. The van der Waals surface area contributed by atoms with E-state index in [1.807, 2.05) is 21.1 Å². The molecule has 0 aromatic carbocycles. The molecule has 2 unspecified atom stereocenters. The van der Waals surface area contributed by atoms with Gasteiger partial charge >= 0.3 is 11.9 Å². The highest BCUT2D eigenvalue weighted by atomic mass is 31.2. The van der Waals surface area contributed by atoms with Crippen molar-refractivity contribution in [3.05, 3.63) is 0 Å². The van der Waals surface area contributed by atoms with Gasteiger partial charge < -0.3 is 83.2 Å².